The van der Waals surface area contributed by atoms with Crippen LogP contribution in [-0.4, -0.2) is 12.5 Å². The molecule has 2 aromatic rings. The summed E-state index contributed by atoms with van der Waals surface area (Å²) in [7, 11) is 0. The van der Waals surface area contributed by atoms with Crippen LogP contribution in [0.3, 0.4) is 0 Å². The summed E-state index contributed by atoms with van der Waals surface area (Å²) in [5, 5.41) is 3.41. The average Bonchev–Trinajstić information content (AvgIpc) is 2.81. The number of hydrogen-bond donors (Lipinski definition) is 1. The minimum Gasteiger partial charge on any atom is -0.451 e. The predicted octanol–water partition coefficient (Wildman–Crippen LogP) is 3.88. The Balaban J connectivity index is 1.94. The molecule has 0 unspecified atom stereocenters. The molecule has 3 nitrogen and oxygen atoms in total. The lowest BCUT2D eigenvalue weighted by molar-refractivity contribution is 0.0927. The number of nitrogens with one attached hydrogen (secondary N) is 1. The molecule has 1 heterocycles. The smallest absolute Gasteiger partial charge is 0.287 e. The van der Waals surface area contributed by atoms with Gasteiger partial charge in [0, 0.05) is 11.9 Å². The molecule has 0 fully saturated rings. The number of fused-ring (bicyclic) bond motifs is 1. The number of benzene rings is 1. The molecule has 102 valence electrons. The van der Waals surface area contributed by atoms with Crippen molar-refractivity contribution in [2.45, 2.75) is 32.6 Å². The van der Waals surface area contributed by atoms with Gasteiger partial charge in [-0.1, -0.05) is 26.2 Å². The zero-order valence-corrected chi connectivity index (χ0v) is 11.0. The first kappa shape index (κ1) is 13.6. The minimum absolute atomic E-state index is 0.232. The molecule has 0 saturated carbocycles. The monoisotopic (exact) mass is 263 g/mol. The number of rotatable bonds is 6. The van der Waals surface area contributed by atoms with E-state index in [0.29, 0.717) is 17.5 Å². The Morgan fingerprint density at radius 3 is 2.89 bits per heavy atom. The van der Waals surface area contributed by atoms with Crippen LogP contribution in [0.5, 0.6) is 0 Å². The van der Waals surface area contributed by atoms with Crippen molar-refractivity contribution in [1.29, 1.82) is 0 Å². The lowest BCUT2D eigenvalue weighted by Crippen LogP contribution is -2.23. The molecule has 1 aromatic heterocycles. The Morgan fingerprint density at radius 1 is 1.26 bits per heavy atom. The van der Waals surface area contributed by atoms with E-state index >= 15 is 0 Å². The van der Waals surface area contributed by atoms with Gasteiger partial charge >= 0.3 is 0 Å². The summed E-state index contributed by atoms with van der Waals surface area (Å²) in [5.41, 5.74) is 0.525. The molecule has 0 bridgehead atoms. The number of carbonyl (C=O) groups excluding carboxylic acids is 1. The van der Waals surface area contributed by atoms with Crippen molar-refractivity contribution in [3.8, 4) is 0 Å². The zero-order chi connectivity index (χ0) is 13.7. The van der Waals surface area contributed by atoms with E-state index in [0.717, 1.165) is 12.8 Å². The predicted molar refractivity (Wildman–Crippen MR) is 72.6 cm³/mol. The van der Waals surface area contributed by atoms with Crippen LogP contribution < -0.4 is 5.32 Å². The van der Waals surface area contributed by atoms with Crippen LogP contribution in [0, 0.1) is 5.82 Å². The average molecular weight is 263 g/mol. The molecule has 0 aliphatic rings. The first-order chi connectivity index (χ1) is 9.20. The fourth-order valence-corrected chi connectivity index (χ4v) is 1.97. The lowest BCUT2D eigenvalue weighted by Gasteiger charge is -2.02. The van der Waals surface area contributed by atoms with Crippen LogP contribution in [0.25, 0.3) is 11.0 Å². The summed E-state index contributed by atoms with van der Waals surface area (Å²) in [6.45, 7) is 2.79. The number of amides is 1. The van der Waals surface area contributed by atoms with Gasteiger partial charge in [-0.3, -0.25) is 4.79 Å². The molecular formula is C15H18FNO2. The Labute approximate surface area is 111 Å². The van der Waals surface area contributed by atoms with Crippen molar-refractivity contribution in [2.75, 3.05) is 6.54 Å². The molecule has 0 atom stereocenters. The molecule has 1 amide bonds. The lowest BCUT2D eigenvalue weighted by atomic mass is 10.2. The van der Waals surface area contributed by atoms with Crippen LogP contribution in [0.4, 0.5) is 4.39 Å². The maximum atomic E-state index is 13.0. The molecule has 1 aromatic carbocycles. The maximum Gasteiger partial charge on any atom is 0.287 e. The highest BCUT2D eigenvalue weighted by molar-refractivity contribution is 5.96. The van der Waals surface area contributed by atoms with E-state index in [9.17, 15) is 9.18 Å². The summed E-state index contributed by atoms with van der Waals surface area (Å²) in [6, 6.07) is 5.78. The van der Waals surface area contributed by atoms with Gasteiger partial charge in [-0.15, -0.1) is 0 Å². The fraction of sp³-hybridized carbons (Fsp3) is 0.400. The van der Waals surface area contributed by atoms with Gasteiger partial charge in [-0.2, -0.15) is 0 Å². The van der Waals surface area contributed by atoms with E-state index in [-0.39, 0.29) is 17.5 Å². The number of unbranched alkanes of at least 4 members (excludes halogenated alkanes) is 3. The van der Waals surface area contributed by atoms with Gasteiger partial charge in [0.05, 0.1) is 0 Å². The molecule has 19 heavy (non-hydrogen) atoms. The van der Waals surface area contributed by atoms with E-state index in [4.69, 9.17) is 4.42 Å². The number of halogens is 1. The second kappa shape index (κ2) is 6.36. The summed E-state index contributed by atoms with van der Waals surface area (Å²) < 4.78 is 18.4. The van der Waals surface area contributed by atoms with Crippen molar-refractivity contribution in [2.24, 2.45) is 0 Å². The fourth-order valence-electron chi connectivity index (χ4n) is 1.97. The van der Waals surface area contributed by atoms with Gasteiger partial charge in [0.2, 0.25) is 0 Å². The molecule has 2 rings (SSSR count). The summed E-state index contributed by atoms with van der Waals surface area (Å²) in [5.74, 6) is -0.343. The highest BCUT2D eigenvalue weighted by Crippen LogP contribution is 2.20. The minimum atomic E-state index is -0.333. The van der Waals surface area contributed by atoms with Gasteiger partial charge in [0.25, 0.3) is 5.91 Å². The molecular weight excluding hydrogens is 245 g/mol. The van der Waals surface area contributed by atoms with Gasteiger partial charge in [-0.25, -0.2) is 4.39 Å². The summed E-state index contributed by atoms with van der Waals surface area (Å²) >= 11 is 0. The molecule has 1 N–H and O–H groups in total. The van der Waals surface area contributed by atoms with E-state index in [1.807, 2.05) is 0 Å². The third-order valence-corrected chi connectivity index (χ3v) is 3.02. The van der Waals surface area contributed by atoms with Gasteiger partial charge in [0.1, 0.15) is 11.4 Å². The van der Waals surface area contributed by atoms with Crippen LogP contribution in [0.1, 0.15) is 43.2 Å². The molecule has 4 heteroatoms. The molecule has 0 aliphatic carbocycles. The first-order valence-corrected chi connectivity index (χ1v) is 6.68. The molecule has 0 aliphatic heterocycles. The van der Waals surface area contributed by atoms with E-state index in [1.54, 1.807) is 6.07 Å². The van der Waals surface area contributed by atoms with Crippen LogP contribution in [0.15, 0.2) is 28.7 Å². The Bertz CT molecular complexity index is 562. The van der Waals surface area contributed by atoms with E-state index < -0.39 is 0 Å². The van der Waals surface area contributed by atoms with E-state index in [1.165, 1.54) is 31.0 Å². The van der Waals surface area contributed by atoms with Gasteiger partial charge < -0.3 is 9.73 Å². The van der Waals surface area contributed by atoms with Crippen LogP contribution in [-0.2, 0) is 0 Å². The Hall–Kier alpha value is -1.84. The third-order valence-electron chi connectivity index (χ3n) is 3.02. The van der Waals surface area contributed by atoms with E-state index in [2.05, 4.69) is 12.2 Å². The molecule has 0 spiro atoms. The highest BCUT2D eigenvalue weighted by atomic mass is 19.1. The topological polar surface area (TPSA) is 42.2 Å². The summed E-state index contributed by atoms with van der Waals surface area (Å²) in [6.07, 6.45) is 4.43. The standard InChI is InChI=1S/C15H18FNO2/c1-2-3-4-5-8-17-15(18)14-10-11-9-12(16)6-7-13(11)19-14/h6-7,9-10H,2-5,8H2,1H3,(H,17,18). The maximum absolute atomic E-state index is 13.0. The van der Waals surface area contributed by atoms with Crippen molar-refractivity contribution in [1.82, 2.24) is 5.32 Å². The molecule has 0 radical (unpaired) electrons. The first-order valence-electron chi connectivity index (χ1n) is 6.68. The normalized spacial score (nSPS) is 10.8. The summed E-state index contributed by atoms with van der Waals surface area (Å²) in [4.78, 5) is 11.8. The molecule has 0 saturated heterocycles. The van der Waals surface area contributed by atoms with Crippen LogP contribution in [0.2, 0.25) is 0 Å². The quantitative estimate of drug-likeness (QED) is 0.803. The van der Waals surface area contributed by atoms with Crippen molar-refractivity contribution in [3.63, 3.8) is 0 Å². The van der Waals surface area contributed by atoms with Gasteiger partial charge in [-0.05, 0) is 30.7 Å². The van der Waals surface area contributed by atoms with Crippen LogP contribution >= 0.6 is 0 Å². The SMILES string of the molecule is CCCCCCNC(=O)c1cc2cc(F)ccc2o1. The number of furan rings is 1. The second-order valence-electron chi connectivity index (χ2n) is 4.61. The Kier molecular flexibility index (Phi) is 4.55. The second-order valence-corrected chi connectivity index (χ2v) is 4.61. The van der Waals surface area contributed by atoms with Crippen molar-refractivity contribution in [3.05, 3.63) is 35.8 Å². The van der Waals surface area contributed by atoms with Gasteiger partial charge in [0.15, 0.2) is 5.76 Å². The highest BCUT2D eigenvalue weighted by Gasteiger charge is 2.11. The Morgan fingerprint density at radius 2 is 2.11 bits per heavy atom. The number of carbonyl (C=O) groups is 1. The van der Waals surface area contributed by atoms with Crippen molar-refractivity contribution >= 4 is 16.9 Å². The third kappa shape index (κ3) is 3.56. The zero-order valence-electron chi connectivity index (χ0n) is 11.0. The number of hydrogen-bond acceptors (Lipinski definition) is 2. The largest absolute Gasteiger partial charge is 0.451 e. The van der Waals surface area contributed by atoms with Crippen molar-refractivity contribution < 1.29 is 13.6 Å².